The number of amides is 2. The third kappa shape index (κ3) is 10.0. The van der Waals surface area contributed by atoms with Crippen molar-refractivity contribution in [3.8, 4) is 23.0 Å². The fourth-order valence-electron chi connectivity index (χ4n) is 7.05. The van der Waals surface area contributed by atoms with Gasteiger partial charge in [0.1, 0.15) is 11.5 Å². The number of hydrazone groups is 1. The molecule has 0 saturated heterocycles. The molecule has 4 N–H and O–H groups in total. The van der Waals surface area contributed by atoms with Gasteiger partial charge in [-0.25, -0.2) is 5.01 Å². The number of hydrogen-bond acceptors (Lipinski definition) is 9. The first-order chi connectivity index (χ1) is 24.8. The van der Waals surface area contributed by atoms with Gasteiger partial charge in [-0.2, -0.15) is 5.10 Å². The molecule has 0 spiro atoms. The molecule has 0 radical (unpaired) electrons. The molecule has 11 heteroatoms. The van der Waals surface area contributed by atoms with E-state index in [0.29, 0.717) is 43.2 Å². The number of aromatic hydroxyl groups is 1. The van der Waals surface area contributed by atoms with Crippen molar-refractivity contribution in [2.75, 3.05) is 39.2 Å². The molecule has 2 amide bonds. The van der Waals surface area contributed by atoms with Gasteiger partial charge in [-0.3, -0.25) is 9.59 Å². The highest BCUT2D eigenvalue weighted by atomic mass is 16.5. The zero-order valence-corrected chi connectivity index (χ0v) is 30.0. The molecule has 0 aromatic heterocycles. The average Bonchev–Trinajstić information content (AvgIpc) is 3.15. The number of ether oxygens (including phenoxy) is 3. The lowest BCUT2D eigenvalue weighted by molar-refractivity contribution is -0.139. The van der Waals surface area contributed by atoms with Crippen molar-refractivity contribution in [2.45, 2.75) is 76.9 Å². The molecule has 1 aliphatic carbocycles. The van der Waals surface area contributed by atoms with Crippen LogP contribution in [0.2, 0.25) is 0 Å². The van der Waals surface area contributed by atoms with Gasteiger partial charge in [-0.05, 0) is 99.0 Å². The Morgan fingerprint density at radius 2 is 1.69 bits per heavy atom. The maximum atomic E-state index is 13.4. The fourth-order valence-corrected chi connectivity index (χ4v) is 7.05. The normalized spacial score (nSPS) is 18.3. The van der Waals surface area contributed by atoms with Gasteiger partial charge in [0.15, 0.2) is 11.5 Å². The minimum absolute atomic E-state index is 0.00889. The number of hydrogen-bond donors (Lipinski definition) is 4. The van der Waals surface area contributed by atoms with Crippen molar-refractivity contribution in [3.05, 3.63) is 77.4 Å². The van der Waals surface area contributed by atoms with Crippen LogP contribution < -0.4 is 24.8 Å². The van der Waals surface area contributed by atoms with Crippen molar-refractivity contribution >= 4 is 23.7 Å². The molecular weight excluding hydrogens is 648 g/mol. The third-order valence-corrected chi connectivity index (χ3v) is 9.87. The predicted molar refractivity (Wildman–Crippen MR) is 198 cm³/mol. The monoisotopic (exact) mass is 700 g/mol. The maximum Gasteiger partial charge on any atom is 0.246 e. The molecule has 1 saturated carbocycles. The van der Waals surface area contributed by atoms with Crippen molar-refractivity contribution in [2.24, 2.45) is 16.9 Å². The molecule has 51 heavy (non-hydrogen) atoms. The quantitative estimate of drug-likeness (QED) is 0.0656. The zero-order valence-electron chi connectivity index (χ0n) is 30.0. The average molecular weight is 701 g/mol. The summed E-state index contributed by atoms with van der Waals surface area (Å²) < 4.78 is 17.0. The Balaban J connectivity index is 1.02. The lowest BCUT2D eigenvalue weighted by Gasteiger charge is -2.38. The number of benzene rings is 3. The van der Waals surface area contributed by atoms with E-state index in [1.807, 2.05) is 30.3 Å². The van der Waals surface area contributed by atoms with Gasteiger partial charge in [0.2, 0.25) is 12.3 Å². The number of nitrogens with one attached hydrogen (secondary N) is 2. The number of aliphatic hydroxyl groups is 1. The highest BCUT2D eigenvalue weighted by Crippen LogP contribution is 2.39. The number of phenols is 1. The number of carbonyl (C=O) groups is 2. The van der Waals surface area contributed by atoms with Crippen LogP contribution in [0.15, 0.2) is 65.8 Å². The second kappa shape index (κ2) is 18.6. The largest absolute Gasteiger partial charge is 0.506 e. The van der Waals surface area contributed by atoms with E-state index in [0.717, 1.165) is 80.4 Å². The Morgan fingerprint density at radius 3 is 2.43 bits per heavy atom. The number of unbranched alkanes of at least 4 members (excludes halogenated alkanes) is 3. The molecule has 0 bridgehead atoms. The minimum Gasteiger partial charge on any atom is -0.506 e. The number of rotatable bonds is 19. The Bertz CT molecular complexity index is 1630. The van der Waals surface area contributed by atoms with E-state index in [9.17, 15) is 19.8 Å². The first-order valence-corrected chi connectivity index (χ1v) is 18.1. The molecule has 5 rings (SSSR count). The van der Waals surface area contributed by atoms with Crippen molar-refractivity contribution in [1.82, 2.24) is 10.3 Å². The second-order valence-corrected chi connectivity index (χ2v) is 13.5. The molecule has 1 heterocycles. The van der Waals surface area contributed by atoms with Crippen LogP contribution >= 0.6 is 0 Å². The smallest absolute Gasteiger partial charge is 0.246 e. The zero-order chi connectivity index (χ0) is 36.2. The molecule has 4 unspecified atom stereocenters. The topological polar surface area (TPSA) is 142 Å². The van der Waals surface area contributed by atoms with Gasteiger partial charge < -0.3 is 35.1 Å². The number of fused-ring (bicyclic) bond motifs is 1. The Labute approximate surface area is 301 Å². The summed E-state index contributed by atoms with van der Waals surface area (Å²) in [5.41, 5.74) is 3.99. The van der Waals surface area contributed by atoms with E-state index in [2.05, 4.69) is 29.7 Å². The number of nitrogens with zero attached hydrogens (tertiary/aromatic N) is 2. The first-order valence-electron chi connectivity index (χ1n) is 18.1. The molecule has 1 fully saturated rings. The molecule has 3 aromatic rings. The van der Waals surface area contributed by atoms with Crippen molar-refractivity contribution < 1.29 is 34.0 Å². The lowest BCUT2D eigenvalue weighted by Crippen LogP contribution is -2.46. The van der Waals surface area contributed by atoms with Crippen LogP contribution in [0.1, 0.15) is 81.1 Å². The second-order valence-electron chi connectivity index (χ2n) is 13.5. The van der Waals surface area contributed by atoms with Crippen LogP contribution in [0, 0.1) is 11.8 Å². The molecule has 2 aliphatic rings. The standard InChI is InChI=1S/C40H52N4O7/c1-27(41-25-36(47)29-14-18-35(46)34(23-29)42-26-45)22-28-12-16-31(17-13-28)51-21-9-5-4-8-20-44-40(48)33-11-7-6-10-32(33)39(43-44)30-15-19-37(49-2)38(24-30)50-3/h12-19,23-24,26-27,32-33,36,41,46-47H,4-11,20-22,25H2,1-3H3,(H,42,45). The lowest BCUT2D eigenvalue weighted by atomic mass is 9.73. The van der Waals surface area contributed by atoms with Crippen molar-refractivity contribution in [3.63, 3.8) is 0 Å². The highest BCUT2D eigenvalue weighted by Gasteiger charge is 2.41. The van der Waals surface area contributed by atoms with E-state index in [4.69, 9.17) is 19.3 Å². The van der Waals surface area contributed by atoms with Gasteiger partial charge in [0.25, 0.3) is 0 Å². The summed E-state index contributed by atoms with van der Waals surface area (Å²) in [6.07, 6.45) is 8.38. The van der Waals surface area contributed by atoms with Gasteiger partial charge >= 0.3 is 0 Å². The first kappa shape index (κ1) is 37.6. The third-order valence-electron chi connectivity index (χ3n) is 9.87. The molecular formula is C40H52N4O7. The van der Waals surface area contributed by atoms with Crippen molar-refractivity contribution in [1.29, 1.82) is 0 Å². The number of carbonyl (C=O) groups excluding carboxylic acids is 2. The van der Waals surface area contributed by atoms with Gasteiger partial charge in [-0.15, -0.1) is 0 Å². The van der Waals surface area contributed by atoms with Gasteiger partial charge in [-0.1, -0.05) is 37.5 Å². The molecule has 274 valence electrons. The maximum absolute atomic E-state index is 13.4. The van der Waals surface area contributed by atoms with Crippen LogP contribution in [-0.2, 0) is 16.0 Å². The van der Waals surface area contributed by atoms with E-state index in [1.54, 1.807) is 31.4 Å². The number of anilines is 1. The highest BCUT2D eigenvalue weighted by molar-refractivity contribution is 6.07. The number of aliphatic hydroxyl groups excluding tert-OH is 1. The van der Waals surface area contributed by atoms with Crippen LogP contribution in [0.25, 0.3) is 0 Å². The summed E-state index contributed by atoms with van der Waals surface area (Å²) >= 11 is 0. The molecule has 4 atom stereocenters. The summed E-state index contributed by atoms with van der Waals surface area (Å²) in [5, 5.41) is 32.8. The van der Waals surface area contributed by atoms with Crippen LogP contribution in [0.4, 0.5) is 5.69 Å². The minimum atomic E-state index is -0.788. The van der Waals surface area contributed by atoms with Gasteiger partial charge in [0.05, 0.1) is 38.3 Å². The Hall–Kier alpha value is -4.61. The Morgan fingerprint density at radius 1 is 0.941 bits per heavy atom. The van der Waals surface area contributed by atoms with Crippen LogP contribution in [-0.4, -0.2) is 73.2 Å². The Kier molecular flexibility index (Phi) is 13.7. The summed E-state index contributed by atoms with van der Waals surface area (Å²) in [6, 6.07) is 18.8. The summed E-state index contributed by atoms with van der Waals surface area (Å²) in [5.74, 6) is 2.43. The van der Waals surface area contributed by atoms with E-state index in [-0.39, 0.29) is 35.2 Å². The van der Waals surface area contributed by atoms with Gasteiger partial charge in [0, 0.05) is 36.5 Å². The molecule has 3 aromatic carbocycles. The van der Waals surface area contributed by atoms with E-state index < -0.39 is 6.10 Å². The summed E-state index contributed by atoms with van der Waals surface area (Å²) in [6.45, 7) is 3.63. The SMILES string of the molecule is COc1ccc(C2=NN(CCCCCCOc3ccc(CC(C)NCC(O)c4ccc(O)c(NC=O)c4)cc3)C(=O)C3CCCCC23)cc1OC. The number of methoxy groups -OCH3 is 2. The van der Waals surface area contributed by atoms with Crippen LogP contribution in [0.3, 0.4) is 0 Å². The number of phenolic OH excluding ortho intramolecular Hbond substituents is 1. The van der Waals surface area contributed by atoms with E-state index in [1.165, 1.54) is 6.07 Å². The summed E-state index contributed by atoms with van der Waals surface area (Å²) in [4.78, 5) is 24.2. The predicted octanol–water partition coefficient (Wildman–Crippen LogP) is 6.22. The van der Waals surface area contributed by atoms with Crippen LogP contribution in [0.5, 0.6) is 23.0 Å². The molecule has 11 nitrogen and oxygen atoms in total. The molecule has 1 aliphatic heterocycles. The van der Waals surface area contributed by atoms with E-state index >= 15 is 0 Å². The fraction of sp³-hybridized carbons (Fsp3) is 0.475. The summed E-state index contributed by atoms with van der Waals surface area (Å²) in [7, 11) is 3.27.